The Labute approximate surface area is 521 Å². The zero-order valence-corrected chi connectivity index (χ0v) is 56.8. The van der Waals surface area contributed by atoms with Gasteiger partial charge in [-0.2, -0.15) is 0 Å². The molecule has 0 fully saturated rings. The summed E-state index contributed by atoms with van der Waals surface area (Å²) in [5.74, 6) is -0.561. The molecule has 1 unspecified atom stereocenters. The molecule has 0 rings (SSSR count). The van der Waals surface area contributed by atoms with Gasteiger partial charge in [0, 0.05) is 12.8 Å². The molecule has 0 aromatic carbocycles. The second-order valence-corrected chi connectivity index (χ2v) is 26.4. The predicted molar refractivity (Wildman–Crippen MR) is 367 cm³/mol. The topological polar surface area (TPSA) is 72.8 Å². The number of carbonyl (C=O) groups is 2. The molecular weight excluding hydrogens is 1020 g/mol. The van der Waals surface area contributed by atoms with Crippen LogP contribution in [0.1, 0.15) is 444 Å². The molecule has 5 nitrogen and oxygen atoms in total. The quantitative estimate of drug-likeness (QED) is 0.0373. The molecule has 1 atom stereocenters. The van der Waals surface area contributed by atoms with Gasteiger partial charge in [-0.3, -0.25) is 9.59 Å². The molecule has 0 aliphatic carbocycles. The third-order valence-corrected chi connectivity index (χ3v) is 18.0. The molecular formula is C78H150O5. The van der Waals surface area contributed by atoms with E-state index in [1.165, 1.54) is 379 Å². The van der Waals surface area contributed by atoms with E-state index >= 15 is 0 Å². The Morgan fingerprint density at radius 1 is 0.277 bits per heavy atom. The molecule has 492 valence electrons. The van der Waals surface area contributed by atoms with Crippen molar-refractivity contribution in [2.75, 3.05) is 13.2 Å². The van der Waals surface area contributed by atoms with Crippen LogP contribution in [0.3, 0.4) is 0 Å². The maximum absolute atomic E-state index is 12.4. The molecule has 0 radical (unpaired) electrons. The van der Waals surface area contributed by atoms with E-state index in [-0.39, 0.29) is 25.2 Å². The number of carbonyl (C=O) groups excluding carboxylic acids is 2. The minimum atomic E-state index is -0.769. The van der Waals surface area contributed by atoms with Gasteiger partial charge in [0.1, 0.15) is 6.61 Å². The van der Waals surface area contributed by atoms with Crippen LogP contribution in [0.4, 0.5) is 0 Å². The van der Waals surface area contributed by atoms with Crippen LogP contribution in [-0.2, 0) is 19.1 Å². The number of allylic oxidation sites excluding steroid dienone is 4. The number of aliphatic hydroxyl groups is 1. The first-order chi connectivity index (χ1) is 41.1. The van der Waals surface area contributed by atoms with Gasteiger partial charge >= 0.3 is 11.9 Å². The van der Waals surface area contributed by atoms with Crippen LogP contribution in [-0.4, -0.2) is 36.4 Å². The first kappa shape index (κ1) is 81.4. The Balaban J connectivity index is 3.35. The van der Waals surface area contributed by atoms with E-state index in [0.29, 0.717) is 12.8 Å². The van der Waals surface area contributed by atoms with E-state index in [1.807, 2.05) is 0 Å². The summed E-state index contributed by atoms with van der Waals surface area (Å²) in [6.45, 7) is 4.21. The molecule has 0 saturated heterocycles. The highest BCUT2D eigenvalue weighted by molar-refractivity contribution is 5.70. The van der Waals surface area contributed by atoms with Gasteiger partial charge in [0.05, 0.1) is 6.61 Å². The lowest BCUT2D eigenvalue weighted by molar-refractivity contribution is -0.161. The average Bonchev–Trinajstić information content (AvgIpc) is 3.49. The molecule has 0 saturated carbocycles. The summed E-state index contributed by atoms with van der Waals surface area (Å²) in [6.07, 6.45) is 98.3. The van der Waals surface area contributed by atoms with Crippen molar-refractivity contribution in [3.8, 4) is 0 Å². The average molecular weight is 1170 g/mol. The highest BCUT2D eigenvalue weighted by atomic mass is 16.6. The van der Waals surface area contributed by atoms with Crippen LogP contribution in [0, 0.1) is 0 Å². The molecule has 0 bridgehead atoms. The van der Waals surface area contributed by atoms with Crippen LogP contribution >= 0.6 is 0 Å². The lowest BCUT2D eigenvalue weighted by atomic mass is 10.0. The van der Waals surface area contributed by atoms with E-state index in [0.717, 1.165) is 38.5 Å². The third-order valence-electron chi connectivity index (χ3n) is 18.0. The smallest absolute Gasteiger partial charge is 0.306 e. The molecule has 0 spiro atoms. The van der Waals surface area contributed by atoms with Crippen molar-refractivity contribution in [3.05, 3.63) is 24.3 Å². The van der Waals surface area contributed by atoms with Crippen molar-refractivity contribution in [2.24, 2.45) is 0 Å². The number of esters is 2. The Kier molecular flexibility index (Phi) is 73.2. The highest BCUT2D eigenvalue weighted by Gasteiger charge is 2.16. The van der Waals surface area contributed by atoms with Gasteiger partial charge in [0.2, 0.25) is 0 Å². The second-order valence-electron chi connectivity index (χ2n) is 26.4. The number of hydrogen-bond acceptors (Lipinski definition) is 5. The summed E-state index contributed by atoms with van der Waals surface area (Å²) in [7, 11) is 0. The second kappa shape index (κ2) is 74.6. The summed E-state index contributed by atoms with van der Waals surface area (Å²) in [5.41, 5.74) is 0. The van der Waals surface area contributed by atoms with Gasteiger partial charge < -0.3 is 14.6 Å². The number of aliphatic hydroxyl groups excluding tert-OH is 1. The van der Waals surface area contributed by atoms with Crippen LogP contribution in [0.15, 0.2) is 24.3 Å². The fourth-order valence-electron chi connectivity index (χ4n) is 12.2. The van der Waals surface area contributed by atoms with Gasteiger partial charge in [-0.1, -0.05) is 411 Å². The molecule has 5 heteroatoms. The first-order valence-electron chi connectivity index (χ1n) is 38.4. The maximum Gasteiger partial charge on any atom is 0.306 e. The van der Waals surface area contributed by atoms with Crippen LogP contribution < -0.4 is 0 Å². The summed E-state index contributed by atoms with van der Waals surface area (Å²) in [5, 5.41) is 9.72. The van der Waals surface area contributed by atoms with Crippen molar-refractivity contribution in [3.63, 3.8) is 0 Å². The van der Waals surface area contributed by atoms with Crippen molar-refractivity contribution in [2.45, 2.75) is 450 Å². The van der Waals surface area contributed by atoms with E-state index in [1.54, 1.807) is 0 Å². The van der Waals surface area contributed by atoms with Crippen molar-refractivity contribution in [1.82, 2.24) is 0 Å². The highest BCUT2D eigenvalue weighted by Crippen LogP contribution is 2.20. The van der Waals surface area contributed by atoms with E-state index in [9.17, 15) is 14.7 Å². The van der Waals surface area contributed by atoms with Crippen molar-refractivity contribution in [1.29, 1.82) is 0 Å². The van der Waals surface area contributed by atoms with Crippen molar-refractivity contribution >= 4 is 11.9 Å². The number of hydrogen-bond donors (Lipinski definition) is 1. The molecule has 0 aromatic heterocycles. The Morgan fingerprint density at radius 2 is 0.482 bits per heavy atom. The molecule has 0 aliphatic rings. The van der Waals surface area contributed by atoms with Crippen LogP contribution in [0.5, 0.6) is 0 Å². The van der Waals surface area contributed by atoms with E-state index < -0.39 is 6.10 Å². The lowest BCUT2D eigenvalue weighted by Crippen LogP contribution is -2.28. The molecule has 0 aliphatic heterocycles. The first-order valence-corrected chi connectivity index (χ1v) is 38.4. The van der Waals surface area contributed by atoms with Crippen LogP contribution in [0.2, 0.25) is 0 Å². The Morgan fingerprint density at radius 3 is 0.711 bits per heavy atom. The Hall–Kier alpha value is -1.62. The largest absolute Gasteiger partial charge is 0.462 e. The predicted octanol–water partition coefficient (Wildman–Crippen LogP) is 26.7. The van der Waals surface area contributed by atoms with E-state index in [4.69, 9.17) is 9.47 Å². The molecule has 0 aromatic rings. The normalized spacial score (nSPS) is 12.2. The standard InChI is InChI=1S/C78H150O5/c1-3-5-7-9-11-13-15-17-19-21-23-25-27-29-31-33-35-36-37-38-39-40-41-43-44-46-48-50-52-54-56-58-60-62-64-66-68-70-72-77(80)82-75-76(74-79)83-78(81)73-71-69-67-65-63-61-59-57-55-53-51-49-47-45-42-34-32-30-28-26-24-22-20-18-16-14-12-10-8-6-4-2/h16,18,22,24,76,79H,3-15,17,19-21,23,25-75H2,1-2H3/b18-16-,24-22-. The Bertz CT molecular complexity index is 1280. The molecule has 0 heterocycles. The van der Waals surface area contributed by atoms with Gasteiger partial charge in [0.15, 0.2) is 6.10 Å². The third kappa shape index (κ3) is 72.8. The minimum Gasteiger partial charge on any atom is -0.462 e. The molecule has 1 N–H and O–H groups in total. The summed E-state index contributed by atoms with van der Waals surface area (Å²) >= 11 is 0. The van der Waals surface area contributed by atoms with Crippen molar-refractivity contribution < 1.29 is 24.2 Å². The zero-order chi connectivity index (χ0) is 59.8. The van der Waals surface area contributed by atoms with E-state index in [2.05, 4.69) is 38.2 Å². The SMILES string of the molecule is CCCCCCC/C=C\C/C=C\CCCCCCCCCCCCCCCCCCCCCC(=O)OC(CO)COC(=O)CCCCCCCCCCCCCCCCCCCCCCCCCCCCCCCCCCCCCCCC. The molecule has 0 amide bonds. The maximum atomic E-state index is 12.4. The van der Waals surface area contributed by atoms with Gasteiger partial charge in [0.25, 0.3) is 0 Å². The summed E-state index contributed by atoms with van der Waals surface area (Å²) in [4.78, 5) is 24.7. The fraction of sp³-hybridized carbons (Fsp3) is 0.923. The summed E-state index contributed by atoms with van der Waals surface area (Å²) in [6, 6.07) is 0. The number of ether oxygens (including phenoxy) is 2. The van der Waals surface area contributed by atoms with Gasteiger partial charge in [-0.15, -0.1) is 0 Å². The number of unbranched alkanes of at least 4 members (excludes halogenated alkanes) is 61. The fourth-order valence-corrected chi connectivity index (χ4v) is 12.2. The lowest BCUT2D eigenvalue weighted by Gasteiger charge is -2.15. The zero-order valence-electron chi connectivity index (χ0n) is 56.8. The van der Waals surface area contributed by atoms with Gasteiger partial charge in [-0.25, -0.2) is 0 Å². The van der Waals surface area contributed by atoms with Crippen LogP contribution in [0.25, 0.3) is 0 Å². The molecule has 83 heavy (non-hydrogen) atoms. The monoisotopic (exact) mass is 1170 g/mol. The number of rotatable bonds is 73. The summed E-state index contributed by atoms with van der Waals surface area (Å²) < 4.78 is 10.8. The minimum absolute atomic E-state index is 0.0577. The van der Waals surface area contributed by atoms with Gasteiger partial charge in [-0.05, 0) is 44.9 Å².